The Balaban J connectivity index is 0.00000294. The van der Waals surface area contributed by atoms with Crippen molar-refractivity contribution >= 4 is 53.9 Å². The van der Waals surface area contributed by atoms with E-state index < -0.39 is 69.7 Å². The zero-order chi connectivity index (χ0) is 29.0. The smallest absolute Gasteiger partial charge is 0.255 e. The summed E-state index contributed by atoms with van der Waals surface area (Å²) in [5, 5.41) is 50.2. The fourth-order valence-electron chi connectivity index (χ4n) is 5.99. The van der Waals surface area contributed by atoms with Crippen LogP contribution in [0.15, 0.2) is 34.8 Å². The molecule has 0 fully saturated rings. The third-order valence-electron chi connectivity index (χ3n) is 7.71. The Kier molecular flexibility index (Phi) is 10.3. The van der Waals surface area contributed by atoms with Gasteiger partial charge < -0.3 is 36.8 Å². The second kappa shape index (κ2) is 12.4. The Hall–Kier alpha value is -3.16. The van der Waals surface area contributed by atoms with Gasteiger partial charge in [0.25, 0.3) is 5.91 Å². The van der Waals surface area contributed by atoms with Crippen LogP contribution in [0, 0.1) is 17.8 Å². The summed E-state index contributed by atoms with van der Waals surface area (Å²) < 4.78 is 0. The van der Waals surface area contributed by atoms with Gasteiger partial charge in [0.05, 0.1) is 23.8 Å². The van der Waals surface area contributed by atoms with E-state index >= 15 is 0 Å². The summed E-state index contributed by atoms with van der Waals surface area (Å²) in [5.74, 6) is -7.30. The number of likely N-dealkylation sites (N-methyl/N-ethyl adjacent to an activating group) is 1. The number of hydrogen-bond acceptors (Lipinski definition) is 10. The summed E-state index contributed by atoms with van der Waals surface area (Å²) in [7, 11) is 3.14. The first-order valence-electron chi connectivity index (χ1n) is 12.7. The normalized spacial score (nSPS) is 25.2. The number of phenolic OH excluding ortho intramolecular Hbond substituents is 1. The summed E-state index contributed by atoms with van der Waals surface area (Å²) in [6.07, 6.45) is 0.179. The third kappa shape index (κ3) is 5.54. The molecule has 2 amide bonds. The molecule has 3 aliphatic rings. The number of ketones is 2. The van der Waals surface area contributed by atoms with E-state index in [1.165, 1.54) is 11.0 Å². The average molecular weight is 616 g/mol. The lowest BCUT2D eigenvalue weighted by atomic mass is 9.58. The van der Waals surface area contributed by atoms with Gasteiger partial charge in [-0.3, -0.25) is 24.1 Å². The number of primary amides is 1. The highest BCUT2D eigenvalue weighted by Crippen LogP contribution is 2.52. The van der Waals surface area contributed by atoms with Crippen LogP contribution in [0.25, 0.3) is 0 Å². The summed E-state index contributed by atoms with van der Waals surface area (Å²) in [6.45, 7) is 4.58. The Morgan fingerprint density at radius 3 is 2.34 bits per heavy atom. The summed E-state index contributed by atoms with van der Waals surface area (Å²) in [5.41, 5.74) is 1.81. The molecule has 0 heterocycles. The molecule has 4 rings (SSSR count). The molecular formula is C27H36Cl2N4O8. The first kappa shape index (κ1) is 34.0. The zero-order valence-electron chi connectivity index (χ0n) is 23.1. The third-order valence-corrected chi connectivity index (χ3v) is 7.71. The quantitative estimate of drug-likeness (QED) is 0.172. The van der Waals surface area contributed by atoms with Gasteiger partial charge in [-0.1, -0.05) is 19.9 Å². The minimum Gasteiger partial charge on any atom is -0.510 e. The molecule has 0 saturated heterocycles. The lowest BCUT2D eigenvalue weighted by Crippen LogP contribution is -2.63. The van der Waals surface area contributed by atoms with E-state index in [1.54, 1.807) is 20.2 Å². The maximum Gasteiger partial charge on any atom is 0.255 e. The summed E-state index contributed by atoms with van der Waals surface area (Å²) >= 11 is 0. The number of hydrogen-bond donors (Lipinski definition) is 7. The molecule has 1 aromatic rings. The predicted octanol–water partition coefficient (Wildman–Crippen LogP) is 1.15. The van der Waals surface area contributed by atoms with Gasteiger partial charge in [0.2, 0.25) is 11.7 Å². The number of aliphatic hydroxyl groups is 3. The molecule has 0 aliphatic heterocycles. The van der Waals surface area contributed by atoms with Crippen molar-refractivity contribution in [3.8, 4) is 5.75 Å². The molecule has 1 aromatic carbocycles. The molecule has 0 bridgehead atoms. The number of Topliss-reactive ketones (excluding diaryl/α,β-unsaturated/α-hetero) is 2. The minimum atomic E-state index is -2.70. The first-order valence-corrected chi connectivity index (χ1v) is 12.7. The lowest BCUT2D eigenvalue weighted by Gasteiger charge is -2.50. The van der Waals surface area contributed by atoms with Crippen LogP contribution >= 0.6 is 24.8 Å². The maximum atomic E-state index is 13.7. The number of carbonyl (C=O) groups is 4. The highest BCUT2D eigenvalue weighted by atomic mass is 35.5. The van der Waals surface area contributed by atoms with Gasteiger partial charge in [0, 0.05) is 11.5 Å². The van der Waals surface area contributed by atoms with Gasteiger partial charge in [-0.15, -0.1) is 24.8 Å². The molecule has 0 spiro atoms. The van der Waals surface area contributed by atoms with Crippen molar-refractivity contribution in [2.45, 2.75) is 38.3 Å². The SMILES string of the molecule is CC(C)CNCC(=O)Nc1ccc2c(c1O)C(=O)C1=C(O)[C@]3(O)C(=O)C(C(N)=O)=C(O)[C@@H](N(C)C)C3CC1C2.Cl.Cl. The van der Waals surface area contributed by atoms with Crippen LogP contribution in [0.2, 0.25) is 0 Å². The number of benzene rings is 1. The van der Waals surface area contributed by atoms with E-state index in [0.29, 0.717) is 18.0 Å². The molecule has 12 nitrogen and oxygen atoms in total. The first-order chi connectivity index (χ1) is 18.2. The monoisotopic (exact) mass is 614 g/mol. The number of nitrogens with one attached hydrogen (secondary N) is 2. The molecule has 4 atom stereocenters. The van der Waals surface area contributed by atoms with Crippen LogP contribution in [0.1, 0.15) is 36.2 Å². The average Bonchev–Trinajstić information content (AvgIpc) is 2.82. The molecule has 2 unspecified atom stereocenters. The van der Waals surface area contributed by atoms with Crippen molar-refractivity contribution in [2.24, 2.45) is 23.5 Å². The molecule has 0 aromatic heterocycles. The number of halogens is 2. The number of aliphatic hydroxyl groups excluding tert-OH is 2. The lowest BCUT2D eigenvalue weighted by molar-refractivity contribution is -0.148. The maximum absolute atomic E-state index is 13.7. The van der Waals surface area contributed by atoms with Crippen LogP contribution < -0.4 is 16.4 Å². The van der Waals surface area contributed by atoms with Crippen LogP contribution in [-0.4, -0.2) is 87.5 Å². The number of aromatic hydroxyl groups is 1. The van der Waals surface area contributed by atoms with E-state index in [1.807, 2.05) is 13.8 Å². The van der Waals surface area contributed by atoms with Crippen molar-refractivity contribution in [3.63, 3.8) is 0 Å². The van der Waals surface area contributed by atoms with Crippen LogP contribution in [0.3, 0.4) is 0 Å². The Bertz CT molecular complexity index is 1340. The second-order valence-electron chi connectivity index (χ2n) is 11.0. The number of amides is 2. The van der Waals surface area contributed by atoms with Crippen molar-refractivity contribution < 1.29 is 39.6 Å². The molecule has 0 saturated carbocycles. The summed E-state index contributed by atoms with van der Waals surface area (Å²) in [4.78, 5) is 52.9. The summed E-state index contributed by atoms with van der Waals surface area (Å²) in [6, 6.07) is 2.03. The fraction of sp³-hybridized carbons (Fsp3) is 0.481. The fourth-order valence-corrected chi connectivity index (χ4v) is 5.99. The number of fused-ring (bicyclic) bond motifs is 3. The Labute approximate surface area is 249 Å². The zero-order valence-corrected chi connectivity index (χ0v) is 24.7. The number of nitrogens with zero attached hydrogens (tertiary/aromatic N) is 1. The molecule has 41 heavy (non-hydrogen) atoms. The topological polar surface area (TPSA) is 203 Å². The predicted molar refractivity (Wildman–Crippen MR) is 155 cm³/mol. The number of rotatable bonds is 7. The van der Waals surface area contributed by atoms with Gasteiger partial charge in [-0.2, -0.15) is 0 Å². The van der Waals surface area contributed by atoms with Gasteiger partial charge in [-0.05, 0) is 56.9 Å². The minimum absolute atomic E-state index is 0. The van der Waals surface area contributed by atoms with E-state index in [9.17, 15) is 39.6 Å². The van der Waals surface area contributed by atoms with Crippen molar-refractivity contribution in [1.82, 2.24) is 10.2 Å². The number of allylic oxidation sites excluding steroid dienone is 1. The highest BCUT2D eigenvalue weighted by Gasteiger charge is 2.63. The highest BCUT2D eigenvalue weighted by molar-refractivity contribution is 6.25. The molecule has 3 aliphatic carbocycles. The number of carbonyl (C=O) groups excluding carboxylic acids is 4. The van der Waals surface area contributed by atoms with E-state index in [4.69, 9.17) is 5.73 Å². The van der Waals surface area contributed by atoms with E-state index in [2.05, 4.69) is 10.6 Å². The molecule has 0 radical (unpaired) electrons. The molecule has 8 N–H and O–H groups in total. The second-order valence-corrected chi connectivity index (χ2v) is 11.0. The van der Waals surface area contributed by atoms with Crippen molar-refractivity contribution in [2.75, 3.05) is 32.5 Å². The molecule has 14 heteroatoms. The van der Waals surface area contributed by atoms with Gasteiger partial charge in [0.1, 0.15) is 17.1 Å². The van der Waals surface area contributed by atoms with E-state index in [0.717, 1.165) is 0 Å². The van der Waals surface area contributed by atoms with Crippen LogP contribution in [-0.2, 0) is 20.8 Å². The van der Waals surface area contributed by atoms with Gasteiger partial charge in [0.15, 0.2) is 17.1 Å². The largest absolute Gasteiger partial charge is 0.510 e. The number of anilines is 1. The van der Waals surface area contributed by atoms with Gasteiger partial charge >= 0.3 is 0 Å². The molecular weight excluding hydrogens is 579 g/mol. The number of nitrogens with two attached hydrogens (primary N) is 1. The standard InChI is InChI=1S/C27H34N4O8.2ClH/c1-11(2)9-29-10-16(32)30-15-6-5-12-7-13-8-14-20(31(3)4)23(35)19(26(28)38)25(37)27(14,39)24(36)18(13)22(34)17(12)21(15)33;;/h5-6,11,13-14,20,29,33,35-36,39H,7-10H2,1-4H3,(H2,28,38)(H,30,32);2*1H/t13?,14?,20-,27-;;/m0../s1. The van der Waals surface area contributed by atoms with E-state index in [-0.39, 0.29) is 61.0 Å². The van der Waals surface area contributed by atoms with Crippen LogP contribution in [0.5, 0.6) is 5.75 Å². The van der Waals surface area contributed by atoms with Crippen molar-refractivity contribution in [3.05, 3.63) is 45.9 Å². The van der Waals surface area contributed by atoms with Crippen LogP contribution in [0.4, 0.5) is 5.69 Å². The number of phenols is 1. The Morgan fingerprint density at radius 1 is 1.15 bits per heavy atom. The molecule has 226 valence electrons. The van der Waals surface area contributed by atoms with Gasteiger partial charge in [-0.25, -0.2) is 0 Å². The Morgan fingerprint density at radius 2 is 1.78 bits per heavy atom. The van der Waals surface area contributed by atoms with Crippen molar-refractivity contribution in [1.29, 1.82) is 0 Å².